The summed E-state index contributed by atoms with van der Waals surface area (Å²) >= 11 is 0. The number of phenols is 1. The smallest absolute Gasteiger partial charge is 0.256 e. The minimum absolute atomic E-state index is 0.0194. The maximum Gasteiger partial charge on any atom is 0.256 e. The van der Waals surface area contributed by atoms with Gasteiger partial charge in [-0.3, -0.25) is 4.79 Å². The number of aliphatic hydroxyl groups excluding tert-OH is 4. The van der Waals surface area contributed by atoms with Gasteiger partial charge in [-0.2, -0.15) is 0 Å². The second-order valence-electron chi connectivity index (χ2n) is 4.46. The first kappa shape index (κ1) is 14.7. The molecule has 1 heterocycles. The van der Waals surface area contributed by atoms with Gasteiger partial charge in [-0.25, -0.2) is 0 Å². The van der Waals surface area contributed by atoms with Gasteiger partial charge in [0.1, 0.15) is 24.1 Å². The lowest BCUT2D eigenvalue weighted by atomic mass is 9.98. The fraction of sp³-hybridized carbons (Fsp3) is 0.417. The lowest BCUT2D eigenvalue weighted by Crippen LogP contribution is -2.60. The fourth-order valence-corrected chi connectivity index (χ4v) is 1.84. The third-order valence-electron chi connectivity index (χ3n) is 2.98. The first-order valence-electron chi connectivity index (χ1n) is 5.88. The number of nitrogens with one attached hydrogen (secondary N) is 1. The molecule has 0 unspecified atom stereocenters. The van der Waals surface area contributed by atoms with E-state index in [4.69, 9.17) is 9.84 Å². The molecule has 1 aromatic carbocycles. The molecule has 5 atom stereocenters. The number of phenolic OH excluding ortho intramolecular Hbond substituents is 1. The zero-order valence-corrected chi connectivity index (χ0v) is 10.2. The fourth-order valence-electron chi connectivity index (χ4n) is 1.84. The number of amides is 1. The molecule has 110 valence electrons. The summed E-state index contributed by atoms with van der Waals surface area (Å²) < 4.78 is 4.77. The third kappa shape index (κ3) is 2.89. The van der Waals surface area contributed by atoms with Crippen molar-refractivity contribution in [1.29, 1.82) is 0 Å². The summed E-state index contributed by atoms with van der Waals surface area (Å²) in [7, 11) is 0. The Morgan fingerprint density at radius 2 is 1.60 bits per heavy atom. The number of carbonyl (C=O) groups is 1. The minimum atomic E-state index is -1.77. The molecule has 8 heteroatoms. The molecule has 0 aromatic heterocycles. The van der Waals surface area contributed by atoms with Crippen LogP contribution in [0.3, 0.4) is 0 Å². The zero-order chi connectivity index (χ0) is 14.9. The summed E-state index contributed by atoms with van der Waals surface area (Å²) in [5, 5.41) is 49.3. The summed E-state index contributed by atoms with van der Waals surface area (Å²) in [6.45, 7) is 0. The van der Waals surface area contributed by atoms with Crippen LogP contribution in [-0.2, 0) is 9.53 Å². The highest BCUT2D eigenvalue weighted by Gasteiger charge is 2.46. The number of hydrogen-bond donors (Lipinski definition) is 6. The molecule has 1 aliphatic heterocycles. The van der Waals surface area contributed by atoms with Crippen molar-refractivity contribution in [2.45, 2.75) is 30.7 Å². The van der Waals surface area contributed by atoms with Crippen molar-refractivity contribution in [3.05, 3.63) is 24.3 Å². The molecular formula is C12H15NO7. The topological polar surface area (TPSA) is 139 Å². The normalized spacial score (nSPS) is 33.7. The van der Waals surface area contributed by atoms with Gasteiger partial charge in [-0.1, -0.05) is 0 Å². The average molecular weight is 285 g/mol. The van der Waals surface area contributed by atoms with E-state index in [0.717, 1.165) is 0 Å². The number of hydrogen-bond acceptors (Lipinski definition) is 7. The van der Waals surface area contributed by atoms with E-state index in [0.29, 0.717) is 5.69 Å². The molecule has 1 saturated heterocycles. The summed E-state index contributed by atoms with van der Waals surface area (Å²) in [4.78, 5) is 11.9. The molecule has 2 rings (SSSR count). The van der Waals surface area contributed by atoms with Crippen LogP contribution >= 0.6 is 0 Å². The van der Waals surface area contributed by atoms with Crippen LogP contribution in [-0.4, -0.2) is 62.1 Å². The van der Waals surface area contributed by atoms with Crippen LogP contribution in [0, 0.1) is 0 Å². The van der Waals surface area contributed by atoms with Crippen LogP contribution in [0.25, 0.3) is 0 Å². The van der Waals surface area contributed by atoms with Crippen LogP contribution < -0.4 is 5.32 Å². The molecule has 20 heavy (non-hydrogen) atoms. The Labute approximate surface area is 113 Å². The van der Waals surface area contributed by atoms with E-state index >= 15 is 0 Å². The zero-order valence-electron chi connectivity index (χ0n) is 10.2. The summed E-state index contributed by atoms with van der Waals surface area (Å²) in [6.07, 6.45) is -8.37. The monoisotopic (exact) mass is 285 g/mol. The number of rotatable bonds is 2. The molecule has 0 radical (unpaired) electrons. The summed E-state index contributed by atoms with van der Waals surface area (Å²) in [5.74, 6) is -0.779. The van der Waals surface area contributed by atoms with Crippen molar-refractivity contribution in [2.75, 3.05) is 5.32 Å². The predicted molar refractivity (Wildman–Crippen MR) is 65.6 cm³/mol. The van der Waals surface area contributed by atoms with Crippen molar-refractivity contribution in [1.82, 2.24) is 0 Å². The largest absolute Gasteiger partial charge is 0.508 e. The summed E-state index contributed by atoms with van der Waals surface area (Å²) in [6, 6.07) is 5.54. The third-order valence-corrected chi connectivity index (χ3v) is 2.98. The standard InChI is InChI=1S/C12H15NO7/c14-6-3-1-5(2-4-6)13-11(18)10-8(16)7(15)9(17)12(19)20-10/h1-4,7-10,12,14-17,19H,(H,13,18)/t7-,8+,9+,10+,12-/m1/s1. The Morgan fingerprint density at radius 1 is 1.00 bits per heavy atom. The van der Waals surface area contributed by atoms with E-state index in [1.807, 2.05) is 0 Å². The highest BCUT2D eigenvalue weighted by Crippen LogP contribution is 2.21. The second kappa shape index (κ2) is 5.73. The highest BCUT2D eigenvalue weighted by atomic mass is 16.6. The molecule has 0 spiro atoms. The number of anilines is 1. The Hall–Kier alpha value is -1.71. The summed E-state index contributed by atoms with van der Waals surface area (Å²) in [5.41, 5.74) is 0.332. The first-order valence-corrected chi connectivity index (χ1v) is 5.88. The Balaban J connectivity index is 2.06. The number of aromatic hydroxyl groups is 1. The second-order valence-corrected chi connectivity index (χ2v) is 4.46. The molecule has 6 N–H and O–H groups in total. The molecule has 8 nitrogen and oxygen atoms in total. The van der Waals surface area contributed by atoms with Gasteiger partial charge in [0, 0.05) is 5.69 Å². The predicted octanol–water partition coefficient (Wildman–Crippen LogP) is -1.87. The van der Waals surface area contributed by atoms with Gasteiger partial charge in [-0.15, -0.1) is 0 Å². The van der Waals surface area contributed by atoms with Gasteiger partial charge in [0.15, 0.2) is 12.4 Å². The molecule has 1 aromatic rings. The van der Waals surface area contributed by atoms with Crippen molar-refractivity contribution in [2.24, 2.45) is 0 Å². The molecule has 0 bridgehead atoms. The van der Waals surface area contributed by atoms with Crippen molar-refractivity contribution in [3.8, 4) is 5.75 Å². The van der Waals surface area contributed by atoms with E-state index in [9.17, 15) is 25.2 Å². The van der Waals surface area contributed by atoms with E-state index < -0.39 is 36.6 Å². The molecular weight excluding hydrogens is 270 g/mol. The molecule has 0 aliphatic carbocycles. The first-order chi connectivity index (χ1) is 9.40. The van der Waals surface area contributed by atoms with Gasteiger partial charge in [-0.05, 0) is 24.3 Å². The molecule has 1 amide bonds. The number of ether oxygens (including phenoxy) is 1. The van der Waals surface area contributed by atoms with Crippen LogP contribution in [0.4, 0.5) is 5.69 Å². The number of benzene rings is 1. The van der Waals surface area contributed by atoms with Gasteiger partial charge >= 0.3 is 0 Å². The van der Waals surface area contributed by atoms with Gasteiger partial charge in [0.25, 0.3) is 5.91 Å². The van der Waals surface area contributed by atoms with Crippen molar-refractivity contribution in [3.63, 3.8) is 0 Å². The van der Waals surface area contributed by atoms with Crippen LogP contribution in [0.2, 0.25) is 0 Å². The quantitative estimate of drug-likeness (QED) is 0.350. The van der Waals surface area contributed by atoms with E-state index in [2.05, 4.69) is 5.32 Å². The molecule has 1 fully saturated rings. The van der Waals surface area contributed by atoms with Crippen molar-refractivity contribution < 1.29 is 35.1 Å². The average Bonchev–Trinajstić information content (AvgIpc) is 2.43. The van der Waals surface area contributed by atoms with E-state index in [1.54, 1.807) is 0 Å². The highest BCUT2D eigenvalue weighted by molar-refractivity contribution is 5.94. The van der Waals surface area contributed by atoms with Crippen LogP contribution in [0.15, 0.2) is 24.3 Å². The van der Waals surface area contributed by atoms with Crippen molar-refractivity contribution >= 4 is 11.6 Å². The molecule has 1 aliphatic rings. The SMILES string of the molecule is O=C(Nc1ccc(O)cc1)[C@H]1O[C@@H](O)[C@@H](O)[C@H](O)[C@@H]1O. The Bertz CT molecular complexity index is 477. The molecule has 0 saturated carbocycles. The maximum atomic E-state index is 11.9. The lowest BCUT2D eigenvalue weighted by Gasteiger charge is -2.37. The minimum Gasteiger partial charge on any atom is -0.508 e. The van der Waals surface area contributed by atoms with Gasteiger partial charge in [0.2, 0.25) is 0 Å². The van der Waals surface area contributed by atoms with Gasteiger partial charge in [0.05, 0.1) is 0 Å². The number of carbonyl (C=O) groups excluding carboxylic acids is 1. The van der Waals surface area contributed by atoms with Gasteiger partial charge < -0.3 is 35.6 Å². The Kier molecular flexibility index (Phi) is 4.21. The van der Waals surface area contributed by atoms with E-state index in [1.165, 1.54) is 24.3 Å². The lowest BCUT2D eigenvalue weighted by molar-refractivity contribution is -0.274. The Morgan fingerprint density at radius 3 is 2.20 bits per heavy atom. The number of aliphatic hydroxyl groups is 4. The van der Waals surface area contributed by atoms with E-state index in [-0.39, 0.29) is 5.75 Å². The van der Waals surface area contributed by atoms with Crippen LogP contribution in [0.1, 0.15) is 0 Å². The maximum absolute atomic E-state index is 11.9. The van der Waals surface area contributed by atoms with Crippen LogP contribution in [0.5, 0.6) is 5.75 Å².